The number of carbonyl (C=O) groups excluding carboxylic acids is 1. The number of benzene rings is 2. The summed E-state index contributed by atoms with van der Waals surface area (Å²) >= 11 is 5.07. The SMILES string of the molecule is O=C(CN1CCc2sccc2[C@H]1c1ccccc1)Nc1ccc([N+](=O)[O-])cc1Br. The van der Waals surface area contributed by atoms with Gasteiger partial charge in [0.25, 0.3) is 5.69 Å². The number of nitrogens with zero attached hydrogens (tertiary/aromatic N) is 2. The van der Waals surface area contributed by atoms with Crippen LogP contribution in [0.4, 0.5) is 11.4 Å². The third-order valence-corrected chi connectivity index (χ3v) is 6.62. The first-order chi connectivity index (χ1) is 14.0. The number of thiophene rings is 1. The van der Waals surface area contributed by atoms with E-state index in [-0.39, 0.29) is 24.2 Å². The van der Waals surface area contributed by atoms with Crippen LogP contribution in [0, 0.1) is 10.1 Å². The van der Waals surface area contributed by atoms with Crippen molar-refractivity contribution in [3.63, 3.8) is 0 Å². The highest BCUT2D eigenvalue weighted by molar-refractivity contribution is 9.10. The van der Waals surface area contributed by atoms with Crippen molar-refractivity contribution in [2.75, 3.05) is 18.4 Å². The van der Waals surface area contributed by atoms with E-state index in [2.05, 4.69) is 49.7 Å². The second-order valence-electron chi connectivity index (χ2n) is 6.80. The van der Waals surface area contributed by atoms with Crippen molar-refractivity contribution < 1.29 is 9.72 Å². The molecular formula is C21H18BrN3O3S. The van der Waals surface area contributed by atoms with Crippen LogP contribution in [0.3, 0.4) is 0 Å². The van der Waals surface area contributed by atoms with Gasteiger partial charge in [-0.15, -0.1) is 11.3 Å². The molecule has 1 amide bonds. The molecule has 0 radical (unpaired) electrons. The Labute approximate surface area is 180 Å². The summed E-state index contributed by atoms with van der Waals surface area (Å²) in [6.45, 7) is 1.03. The predicted octanol–water partition coefficient (Wildman–Crippen LogP) is 5.01. The molecule has 0 bridgehead atoms. The lowest BCUT2D eigenvalue weighted by molar-refractivity contribution is -0.384. The molecule has 0 unspecified atom stereocenters. The molecule has 8 heteroatoms. The second kappa shape index (κ2) is 8.44. The average Bonchev–Trinajstić information content (AvgIpc) is 3.18. The first-order valence-electron chi connectivity index (χ1n) is 9.12. The summed E-state index contributed by atoms with van der Waals surface area (Å²) in [4.78, 5) is 26.7. The molecule has 1 aliphatic heterocycles. The third-order valence-electron chi connectivity index (χ3n) is 4.97. The van der Waals surface area contributed by atoms with E-state index in [4.69, 9.17) is 0 Å². The van der Waals surface area contributed by atoms with Crippen LogP contribution in [-0.2, 0) is 11.2 Å². The summed E-state index contributed by atoms with van der Waals surface area (Å²) in [5, 5.41) is 15.9. The Bertz CT molecular complexity index is 1050. The number of rotatable bonds is 5. The topological polar surface area (TPSA) is 75.5 Å². The average molecular weight is 472 g/mol. The second-order valence-corrected chi connectivity index (χ2v) is 8.66. The molecule has 29 heavy (non-hydrogen) atoms. The van der Waals surface area contributed by atoms with Crippen LogP contribution in [0.25, 0.3) is 0 Å². The van der Waals surface area contributed by atoms with Crippen LogP contribution in [0.2, 0.25) is 0 Å². The normalized spacial score (nSPS) is 16.2. The molecule has 1 atom stereocenters. The molecule has 1 aliphatic rings. The monoisotopic (exact) mass is 471 g/mol. The summed E-state index contributed by atoms with van der Waals surface area (Å²) in [5.41, 5.74) is 2.91. The molecule has 1 aromatic heterocycles. The van der Waals surface area contributed by atoms with Crippen molar-refractivity contribution in [1.82, 2.24) is 4.90 Å². The molecule has 0 saturated carbocycles. The van der Waals surface area contributed by atoms with Crippen molar-refractivity contribution in [2.24, 2.45) is 0 Å². The first kappa shape index (κ1) is 19.8. The molecule has 148 valence electrons. The number of anilines is 1. The van der Waals surface area contributed by atoms with E-state index in [1.807, 2.05) is 18.2 Å². The molecule has 3 aromatic rings. The number of nitrogens with one attached hydrogen (secondary N) is 1. The van der Waals surface area contributed by atoms with E-state index in [0.29, 0.717) is 10.2 Å². The zero-order valence-electron chi connectivity index (χ0n) is 15.4. The molecule has 1 N–H and O–H groups in total. The van der Waals surface area contributed by atoms with Gasteiger partial charge in [0.15, 0.2) is 0 Å². The summed E-state index contributed by atoms with van der Waals surface area (Å²) in [7, 11) is 0. The maximum absolute atomic E-state index is 12.8. The maximum atomic E-state index is 12.8. The third kappa shape index (κ3) is 4.24. The van der Waals surface area contributed by atoms with Crippen LogP contribution >= 0.6 is 27.3 Å². The number of halogens is 1. The van der Waals surface area contributed by atoms with Crippen LogP contribution < -0.4 is 5.32 Å². The molecule has 2 heterocycles. The van der Waals surface area contributed by atoms with Crippen LogP contribution in [0.5, 0.6) is 0 Å². The molecule has 0 aliphatic carbocycles. The van der Waals surface area contributed by atoms with Gasteiger partial charge in [-0.1, -0.05) is 30.3 Å². The minimum atomic E-state index is -0.465. The lowest BCUT2D eigenvalue weighted by atomic mass is 9.93. The molecule has 6 nitrogen and oxygen atoms in total. The number of fused-ring (bicyclic) bond motifs is 1. The number of hydrogen-bond acceptors (Lipinski definition) is 5. The van der Waals surface area contributed by atoms with Gasteiger partial charge in [-0.25, -0.2) is 0 Å². The van der Waals surface area contributed by atoms with Crippen LogP contribution in [0.1, 0.15) is 22.0 Å². The molecule has 2 aromatic carbocycles. The fourth-order valence-corrected chi connectivity index (χ4v) is 5.03. The Morgan fingerprint density at radius 2 is 2.03 bits per heavy atom. The highest BCUT2D eigenvalue weighted by Crippen LogP contribution is 2.37. The standard InChI is InChI=1S/C21H18BrN3O3S/c22-17-12-15(25(27)28)6-7-18(17)23-20(26)13-24-10-8-19-16(9-11-29-19)21(24)14-4-2-1-3-5-14/h1-7,9,11-12,21H,8,10,13H2,(H,23,26)/t21-/m1/s1. The maximum Gasteiger partial charge on any atom is 0.270 e. The van der Waals surface area contributed by atoms with Crippen molar-refractivity contribution >= 4 is 44.5 Å². The predicted molar refractivity (Wildman–Crippen MR) is 117 cm³/mol. The molecule has 4 rings (SSSR count). The van der Waals surface area contributed by atoms with Gasteiger partial charge in [-0.2, -0.15) is 0 Å². The van der Waals surface area contributed by atoms with Gasteiger partial charge in [0, 0.05) is 28.0 Å². The summed E-state index contributed by atoms with van der Waals surface area (Å²) in [5.74, 6) is -0.154. The van der Waals surface area contributed by atoms with E-state index < -0.39 is 4.92 Å². The Hall–Kier alpha value is -2.55. The van der Waals surface area contributed by atoms with Gasteiger partial charge < -0.3 is 5.32 Å². The Kier molecular flexibility index (Phi) is 5.75. The number of nitro groups is 1. The van der Waals surface area contributed by atoms with Crippen molar-refractivity contribution in [3.8, 4) is 0 Å². The van der Waals surface area contributed by atoms with Gasteiger partial charge in [-0.05, 0) is 51.0 Å². The molecule has 0 spiro atoms. The Balaban J connectivity index is 1.53. The van der Waals surface area contributed by atoms with E-state index in [9.17, 15) is 14.9 Å². The highest BCUT2D eigenvalue weighted by Gasteiger charge is 2.30. The summed E-state index contributed by atoms with van der Waals surface area (Å²) in [6, 6.07) is 16.7. The van der Waals surface area contributed by atoms with Gasteiger partial charge in [0.2, 0.25) is 5.91 Å². The Morgan fingerprint density at radius 3 is 2.76 bits per heavy atom. The van der Waals surface area contributed by atoms with Gasteiger partial charge in [0.1, 0.15) is 0 Å². The fraction of sp³-hybridized carbons (Fsp3) is 0.190. The zero-order chi connectivity index (χ0) is 20.4. The summed E-state index contributed by atoms with van der Waals surface area (Å²) < 4.78 is 0.485. The number of non-ortho nitro benzene ring substituents is 1. The largest absolute Gasteiger partial charge is 0.324 e. The molecule has 0 saturated heterocycles. The van der Waals surface area contributed by atoms with E-state index in [0.717, 1.165) is 18.5 Å². The van der Waals surface area contributed by atoms with Crippen molar-refractivity contribution in [2.45, 2.75) is 12.5 Å². The number of carbonyl (C=O) groups is 1. The van der Waals surface area contributed by atoms with Crippen molar-refractivity contribution in [1.29, 1.82) is 0 Å². The van der Waals surface area contributed by atoms with Crippen LogP contribution in [-0.4, -0.2) is 28.8 Å². The minimum absolute atomic E-state index is 0.0277. The molecular weight excluding hydrogens is 454 g/mol. The quantitative estimate of drug-likeness (QED) is 0.419. The van der Waals surface area contributed by atoms with Crippen LogP contribution in [0.15, 0.2) is 64.5 Å². The lowest BCUT2D eigenvalue weighted by Gasteiger charge is -2.35. The number of nitro benzene ring substituents is 1. The highest BCUT2D eigenvalue weighted by atomic mass is 79.9. The van der Waals surface area contributed by atoms with Gasteiger partial charge >= 0.3 is 0 Å². The minimum Gasteiger partial charge on any atom is -0.324 e. The van der Waals surface area contributed by atoms with E-state index in [1.54, 1.807) is 17.4 Å². The zero-order valence-corrected chi connectivity index (χ0v) is 17.8. The van der Waals surface area contributed by atoms with Gasteiger partial charge in [0.05, 0.1) is 23.2 Å². The van der Waals surface area contributed by atoms with Crippen molar-refractivity contribution in [3.05, 3.63) is 90.6 Å². The summed E-state index contributed by atoms with van der Waals surface area (Å²) in [6.07, 6.45) is 0.921. The first-order valence-corrected chi connectivity index (χ1v) is 10.8. The van der Waals surface area contributed by atoms with Gasteiger partial charge in [-0.3, -0.25) is 19.8 Å². The number of amides is 1. The fourth-order valence-electron chi connectivity index (χ4n) is 3.66. The Morgan fingerprint density at radius 1 is 1.24 bits per heavy atom. The number of hydrogen-bond donors (Lipinski definition) is 1. The smallest absolute Gasteiger partial charge is 0.270 e. The lowest BCUT2D eigenvalue weighted by Crippen LogP contribution is -2.40. The van der Waals surface area contributed by atoms with E-state index in [1.165, 1.54) is 22.6 Å². The molecule has 0 fully saturated rings. The van der Waals surface area contributed by atoms with E-state index >= 15 is 0 Å².